The zero-order valence-corrected chi connectivity index (χ0v) is 19.8. The topological polar surface area (TPSA) is 75.7 Å². The average molecular weight is 495 g/mol. The second-order valence-electron chi connectivity index (χ2n) is 8.78. The first kappa shape index (κ1) is 24.1. The Labute approximate surface area is 199 Å². The summed E-state index contributed by atoms with van der Waals surface area (Å²) in [6, 6.07) is 15.6. The van der Waals surface area contributed by atoms with Crippen LogP contribution in [0.5, 0.6) is 0 Å². The van der Waals surface area contributed by atoms with E-state index in [2.05, 4.69) is 4.90 Å². The fourth-order valence-corrected chi connectivity index (χ4v) is 5.69. The number of sulfonamides is 1. The molecule has 0 radical (unpaired) electrons. The molecule has 1 aliphatic heterocycles. The lowest BCUT2D eigenvalue weighted by atomic mass is 9.97. The second-order valence-corrected chi connectivity index (χ2v) is 11.0. The Morgan fingerprint density at radius 1 is 1.06 bits per heavy atom. The van der Waals surface area contributed by atoms with Crippen LogP contribution in [0.2, 0.25) is 5.02 Å². The van der Waals surface area contributed by atoms with Gasteiger partial charge >= 0.3 is 5.19 Å². The Kier molecular flexibility index (Phi) is 7.38. The molecule has 2 aliphatic rings. The summed E-state index contributed by atoms with van der Waals surface area (Å²) in [5.41, 5.74) is 1.20. The van der Waals surface area contributed by atoms with Crippen LogP contribution in [-0.4, -0.2) is 44.1 Å². The van der Waals surface area contributed by atoms with Crippen molar-refractivity contribution in [2.24, 2.45) is 11.8 Å². The minimum Gasteiger partial charge on any atom is -0.332 e. The molecule has 1 atom stereocenters. The molecule has 0 aromatic heterocycles. The number of nitrogens with zero attached hydrogens (tertiary/aromatic N) is 1. The van der Waals surface area contributed by atoms with E-state index >= 15 is 4.39 Å². The lowest BCUT2D eigenvalue weighted by molar-refractivity contribution is -0.109. The third-order valence-corrected chi connectivity index (χ3v) is 8.28. The number of hydrogen-bond donors (Lipinski definition) is 1. The summed E-state index contributed by atoms with van der Waals surface area (Å²) >= 11 is 6.25. The average Bonchev–Trinajstić information content (AvgIpc) is 3.66. The summed E-state index contributed by atoms with van der Waals surface area (Å²) in [5, 5.41) is -2.18. The Morgan fingerprint density at radius 3 is 2.33 bits per heavy atom. The lowest BCUT2D eigenvalue weighted by Gasteiger charge is -2.34. The molecule has 6 nitrogen and oxygen atoms in total. The van der Waals surface area contributed by atoms with Gasteiger partial charge in [-0.1, -0.05) is 48.0 Å². The molecule has 1 aliphatic carbocycles. The minimum absolute atomic E-state index is 0.00658. The SMILES string of the molecule is O=C(NS(=O)(=O)C(F)(OCC1CCN(Cc2ccccc2Cl)CC1)C1CC1)c1ccccc1. The number of piperidine rings is 1. The maximum Gasteiger partial charge on any atom is 0.333 e. The third kappa shape index (κ3) is 5.74. The van der Waals surface area contributed by atoms with Gasteiger partial charge in [0.15, 0.2) is 0 Å². The van der Waals surface area contributed by atoms with E-state index < -0.39 is 27.0 Å². The Morgan fingerprint density at radius 2 is 1.70 bits per heavy atom. The molecular weight excluding hydrogens is 467 g/mol. The predicted molar refractivity (Wildman–Crippen MR) is 125 cm³/mol. The van der Waals surface area contributed by atoms with Crippen molar-refractivity contribution in [1.29, 1.82) is 0 Å². The van der Waals surface area contributed by atoms with Crippen LogP contribution in [0.1, 0.15) is 41.6 Å². The quantitative estimate of drug-likeness (QED) is 0.560. The molecule has 1 N–H and O–H groups in total. The molecule has 1 saturated heterocycles. The number of hydrogen-bond acceptors (Lipinski definition) is 5. The zero-order valence-electron chi connectivity index (χ0n) is 18.3. The summed E-state index contributed by atoms with van der Waals surface area (Å²) in [4.78, 5) is 14.6. The van der Waals surface area contributed by atoms with Gasteiger partial charge in [0, 0.05) is 23.0 Å². The summed E-state index contributed by atoms with van der Waals surface area (Å²) in [6.07, 6.45) is 2.35. The fraction of sp³-hybridized carbons (Fsp3) is 0.458. The number of carbonyl (C=O) groups is 1. The van der Waals surface area contributed by atoms with Crippen molar-refractivity contribution in [3.05, 3.63) is 70.7 Å². The van der Waals surface area contributed by atoms with Crippen molar-refractivity contribution in [2.45, 2.75) is 37.4 Å². The third-order valence-electron chi connectivity index (χ3n) is 6.27. The van der Waals surface area contributed by atoms with Gasteiger partial charge in [0.25, 0.3) is 15.9 Å². The van der Waals surface area contributed by atoms with E-state index in [1.807, 2.05) is 29.0 Å². The smallest absolute Gasteiger partial charge is 0.332 e. The summed E-state index contributed by atoms with van der Waals surface area (Å²) in [6.45, 7) is 2.31. The van der Waals surface area contributed by atoms with Crippen LogP contribution < -0.4 is 4.72 Å². The van der Waals surface area contributed by atoms with Gasteiger partial charge in [0.05, 0.1) is 6.61 Å². The maximum absolute atomic E-state index is 15.7. The van der Waals surface area contributed by atoms with Gasteiger partial charge in [-0.2, -0.15) is 4.39 Å². The Bertz CT molecular complexity index is 1070. The van der Waals surface area contributed by atoms with E-state index in [-0.39, 0.29) is 18.1 Å². The summed E-state index contributed by atoms with van der Waals surface area (Å²) in [7, 11) is -4.68. The number of alkyl halides is 1. The standard InChI is InChI=1S/C24H28ClFN2O4S/c25-22-9-5-4-8-20(22)16-28-14-12-18(13-15-28)17-32-24(26,21-10-11-21)33(30,31)27-23(29)19-6-2-1-3-7-19/h1-9,18,21H,10-17H2,(H,27,29). The molecule has 1 saturated carbocycles. The number of ether oxygens (including phenoxy) is 1. The van der Waals surface area contributed by atoms with Gasteiger partial charge in [-0.25, -0.2) is 13.1 Å². The highest BCUT2D eigenvalue weighted by atomic mass is 35.5. The zero-order chi connectivity index (χ0) is 23.5. The molecule has 178 valence electrons. The van der Waals surface area contributed by atoms with Crippen molar-refractivity contribution < 1.29 is 22.3 Å². The first-order valence-electron chi connectivity index (χ1n) is 11.2. The molecular formula is C24H28ClFN2O4S. The molecule has 2 aromatic rings. The highest BCUT2D eigenvalue weighted by Crippen LogP contribution is 2.46. The van der Waals surface area contributed by atoms with Crippen LogP contribution >= 0.6 is 11.6 Å². The minimum atomic E-state index is -4.68. The number of halogens is 2. The number of likely N-dealkylation sites (tertiary alicyclic amines) is 1. The number of rotatable bonds is 9. The molecule has 0 bridgehead atoms. The number of nitrogens with one attached hydrogen (secondary N) is 1. The van der Waals surface area contributed by atoms with Crippen LogP contribution in [0.3, 0.4) is 0 Å². The van der Waals surface area contributed by atoms with E-state index in [4.69, 9.17) is 16.3 Å². The molecule has 4 rings (SSSR count). The second kappa shape index (κ2) is 10.1. The van der Waals surface area contributed by atoms with Gasteiger partial charge in [-0.3, -0.25) is 9.69 Å². The monoisotopic (exact) mass is 494 g/mol. The molecule has 2 fully saturated rings. The lowest BCUT2D eigenvalue weighted by Crippen LogP contribution is -2.49. The van der Waals surface area contributed by atoms with Gasteiger partial charge in [-0.15, -0.1) is 0 Å². The largest absolute Gasteiger partial charge is 0.333 e. The molecule has 0 spiro atoms. The van der Waals surface area contributed by atoms with Crippen LogP contribution in [0.15, 0.2) is 54.6 Å². The van der Waals surface area contributed by atoms with Gasteiger partial charge < -0.3 is 4.74 Å². The summed E-state index contributed by atoms with van der Waals surface area (Å²) in [5.74, 6) is -1.59. The molecule has 1 heterocycles. The molecule has 2 aromatic carbocycles. The molecule has 1 unspecified atom stereocenters. The highest BCUT2D eigenvalue weighted by molar-refractivity contribution is 7.91. The van der Waals surface area contributed by atoms with E-state index in [0.29, 0.717) is 12.8 Å². The maximum atomic E-state index is 15.7. The van der Waals surface area contributed by atoms with Crippen LogP contribution in [0.25, 0.3) is 0 Å². The first-order valence-corrected chi connectivity index (χ1v) is 13.0. The van der Waals surface area contributed by atoms with E-state index in [1.165, 1.54) is 12.1 Å². The van der Waals surface area contributed by atoms with E-state index in [1.54, 1.807) is 18.2 Å². The van der Waals surface area contributed by atoms with Gasteiger partial charge in [0.2, 0.25) is 0 Å². The van der Waals surface area contributed by atoms with Crippen LogP contribution in [-0.2, 0) is 21.3 Å². The van der Waals surface area contributed by atoms with Gasteiger partial charge in [-0.05, 0) is 68.5 Å². The number of carbonyl (C=O) groups excluding carboxylic acids is 1. The van der Waals surface area contributed by atoms with Crippen molar-refractivity contribution in [2.75, 3.05) is 19.7 Å². The Balaban J connectivity index is 1.33. The van der Waals surface area contributed by atoms with Crippen molar-refractivity contribution in [1.82, 2.24) is 9.62 Å². The molecule has 33 heavy (non-hydrogen) atoms. The van der Waals surface area contributed by atoms with Crippen LogP contribution in [0.4, 0.5) is 4.39 Å². The molecule has 9 heteroatoms. The van der Waals surface area contributed by atoms with Crippen LogP contribution in [0, 0.1) is 11.8 Å². The number of amides is 1. The Hall–Kier alpha value is -2.00. The highest BCUT2D eigenvalue weighted by Gasteiger charge is 2.58. The van der Waals surface area contributed by atoms with Crippen molar-refractivity contribution in [3.63, 3.8) is 0 Å². The van der Waals surface area contributed by atoms with Gasteiger partial charge in [0.1, 0.15) is 0 Å². The summed E-state index contributed by atoms with van der Waals surface area (Å²) < 4.78 is 48.7. The van der Waals surface area contributed by atoms with E-state index in [9.17, 15) is 13.2 Å². The fourth-order valence-electron chi connectivity index (χ4n) is 4.09. The normalized spacial score (nSPS) is 19.7. The predicted octanol–water partition coefficient (Wildman–Crippen LogP) is 4.36. The number of benzene rings is 2. The van der Waals surface area contributed by atoms with E-state index in [0.717, 1.165) is 43.1 Å². The molecule has 1 amide bonds. The first-order chi connectivity index (χ1) is 15.8. The van der Waals surface area contributed by atoms with Crippen molar-refractivity contribution >= 4 is 27.5 Å². The van der Waals surface area contributed by atoms with Crippen molar-refractivity contribution in [3.8, 4) is 0 Å².